The average molecular weight is 202 g/mol. The molecule has 0 spiro atoms. The van der Waals surface area contributed by atoms with Crippen LogP contribution < -0.4 is 0 Å². The third-order valence-corrected chi connectivity index (χ3v) is 1.72. The van der Waals surface area contributed by atoms with Crippen LogP contribution in [0.2, 0.25) is 0 Å². The number of nitrogens with zero attached hydrogens (tertiary/aromatic N) is 1. The van der Waals surface area contributed by atoms with E-state index in [1.165, 1.54) is 4.90 Å². The number of carbonyl (C=O) groups excluding carboxylic acids is 1. The highest BCUT2D eigenvalue weighted by Crippen LogP contribution is 2.19. The Balaban J connectivity index is 2.46. The van der Waals surface area contributed by atoms with Gasteiger partial charge in [0.2, 0.25) is 0 Å². The molecule has 0 aromatic rings. The predicted octanol–water partition coefficient (Wildman–Crippen LogP) is 0.938. The average Bonchev–Trinajstić information content (AvgIpc) is 1.94. The first-order chi connectivity index (χ1) is 6.64. The Labute approximate surface area is 84.0 Å². The van der Waals surface area contributed by atoms with Gasteiger partial charge in [-0.05, 0) is 20.8 Å². The fourth-order valence-corrected chi connectivity index (χ4v) is 1.01. The van der Waals surface area contributed by atoms with Crippen LogP contribution in [0.5, 0.6) is 0 Å². The maximum Gasteiger partial charge on any atom is 0.410 e. The number of likely N-dealkylation sites (tertiary alicyclic amines) is 1. The van der Waals surface area contributed by atoms with E-state index in [0.717, 1.165) is 0 Å². The summed E-state index contributed by atoms with van der Waals surface area (Å²) in [6, 6.07) is 0. The summed E-state index contributed by atoms with van der Waals surface area (Å²) in [5, 5.41) is 8.66. The first-order valence-corrected chi connectivity index (χ1v) is 4.35. The lowest BCUT2D eigenvalue weighted by molar-refractivity contribution is -0.146. The maximum absolute atomic E-state index is 11.4. The fourth-order valence-electron chi connectivity index (χ4n) is 1.01. The Hall–Kier alpha value is -1.26. The second kappa shape index (κ2) is 3.48. The molecule has 0 atom stereocenters. The lowest BCUT2D eigenvalue weighted by Gasteiger charge is -2.37. The molecule has 14 heavy (non-hydrogen) atoms. The van der Waals surface area contributed by atoms with Crippen molar-refractivity contribution in [3.8, 4) is 0 Å². The molecule has 0 aliphatic carbocycles. The van der Waals surface area contributed by atoms with E-state index in [1.54, 1.807) is 20.8 Å². The summed E-state index contributed by atoms with van der Waals surface area (Å²) in [4.78, 5) is 23.2. The minimum absolute atomic E-state index is 0.114. The van der Waals surface area contributed by atoms with E-state index in [0.29, 0.717) is 0 Å². The molecule has 0 unspecified atom stereocenters. The Morgan fingerprint density at radius 1 is 1.50 bits per heavy atom. The Bertz CT molecular complexity index is 291. The molecule has 0 aromatic heterocycles. The van der Waals surface area contributed by atoms with E-state index in [2.05, 4.69) is 0 Å². The van der Waals surface area contributed by atoms with E-state index >= 15 is 0 Å². The largest absolute Gasteiger partial charge is 0.481 e. The number of hydrogen-bond acceptors (Lipinski definition) is 3. The SMILES string of the molecule is [2H]C1(C(=O)O)CN(C(=O)OC(C)(C)C)C1. The van der Waals surface area contributed by atoms with E-state index < -0.39 is 23.6 Å². The number of amides is 1. The summed E-state index contributed by atoms with van der Waals surface area (Å²) in [5.41, 5.74) is -0.597. The number of ether oxygens (including phenoxy) is 1. The highest BCUT2D eigenvalue weighted by molar-refractivity contribution is 5.76. The second-order valence-electron chi connectivity index (χ2n) is 4.25. The number of aliphatic carboxylic acids is 1. The first kappa shape index (κ1) is 9.30. The van der Waals surface area contributed by atoms with Crippen LogP contribution in [0.1, 0.15) is 22.1 Å². The van der Waals surface area contributed by atoms with Gasteiger partial charge in [0.15, 0.2) is 0 Å². The number of carboxylic acid groups (broad SMARTS) is 1. The van der Waals surface area contributed by atoms with Crippen LogP contribution in [0.15, 0.2) is 0 Å². The molecular formula is C9H15NO4. The zero-order valence-electron chi connectivity index (χ0n) is 9.53. The molecule has 1 rings (SSSR count). The lowest BCUT2D eigenvalue weighted by atomic mass is 10.0. The normalized spacial score (nSPS) is 20.8. The van der Waals surface area contributed by atoms with Gasteiger partial charge in [-0.25, -0.2) is 4.79 Å². The van der Waals surface area contributed by atoms with Gasteiger partial charge < -0.3 is 14.7 Å². The monoisotopic (exact) mass is 202 g/mol. The van der Waals surface area contributed by atoms with Gasteiger partial charge in [0.05, 0.1) is 5.89 Å². The van der Waals surface area contributed by atoms with E-state index in [-0.39, 0.29) is 13.1 Å². The third-order valence-electron chi connectivity index (χ3n) is 1.72. The molecule has 0 aromatic carbocycles. The van der Waals surface area contributed by atoms with Crippen molar-refractivity contribution in [2.45, 2.75) is 26.4 Å². The molecule has 1 aliphatic heterocycles. The van der Waals surface area contributed by atoms with Crippen LogP contribution in [0, 0.1) is 5.89 Å². The molecule has 0 radical (unpaired) electrons. The van der Waals surface area contributed by atoms with Crippen molar-refractivity contribution < 1.29 is 20.8 Å². The lowest BCUT2D eigenvalue weighted by Crippen LogP contribution is -2.54. The van der Waals surface area contributed by atoms with Gasteiger partial charge in [-0.3, -0.25) is 4.79 Å². The maximum atomic E-state index is 11.4. The number of hydrogen-bond donors (Lipinski definition) is 1. The molecule has 5 heteroatoms. The smallest absolute Gasteiger partial charge is 0.410 e. The molecule has 1 saturated heterocycles. The highest BCUT2D eigenvalue weighted by Gasteiger charge is 2.37. The Kier molecular flexibility index (Phi) is 2.31. The van der Waals surface area contributed by atoms with Gasteiger partial charge >= 0.3 is 12.1 Å². The molecule has 5 nitrogen and oxygen atoms in total. The van der Waals surface area contributed by atoms with Crippen molar-refractivity contribution in [2.75, 3.05) is 13.1 Å². The van der Waals surface area contributed by atoms with E-state index in [9.17, 15) is 9.59 Å². The fraction of sp³-hybridized carbons (Fsp3) is 0.778. The Morgan fingerprint density at radius 2 is 2.00 bits per heavy atom. The minimum atomic E-state index is -1.56. The molecule has 80 valence electrons. The Morgan fingerprint density at radius 3 is 2.36 bits per heavy atom. The molecular weight excluding hydrogens is 186 g/mol. The van der Waals surface area contributed by atoms with Crippen LogP contribution in [-0.4, -0.2) is 40.8 Å². The summed E-state index contributed by atoms with van der Waals surface area (Å²) >= 11 is 0. The van der Waals surface area contributed by atoms with Crippen LogP contribution in [0.4, 0.5) is 4.79 Å². The predicted molar refractivity (Wildman–Crippen MR) is 48.9 cm³/mol. The van der Waals surface area contributed by atoms with Crippen LogP contribution in [0.25, 0.3) is 0 Å². The van der Waals surface area contributed by atoms with Crippen LogP contribution in [-0.2, 0) is 9.53 Å². The first-order valence-electron chi connectivity index (χ1n) is 4.85. The summed E-state index contributed by atoms with van der Waals surface area (Å²) in [6.45, 7) is 4.97. The quantitative estimate of drug-likeness (QED) is 0.687. The van der Waals surface area contributed by atoms with Gasteiger partial charge in [-0.2, -0.15) is 0 Å². The molecule has 1 heterocycles. The third kappa shape index (κ3) is 2.61. The van der Waals surface area contributed by atoms with Gasteiger partial charge in [0.1, 0.15) is 5.60 Å². The molecule has 0 bridgehead atoms. The summed E-state index contributed by atoms with van der Waals surface area (Å²) in [6.07, 6.45) is -0.563. The highest BCUT2D eigenvalue weighted by atomic mass is 16.6. The van der Waals surface area contributed by atoms with Crippen molar-refractivity contribution in [3.05, 3.63) is 0 Å². The number of carbonyl (C=O) groups is 2. The number of carboxylic acids is 1. The second-order valence-corrected chi connectivity index (χ2v) is 4.25. The standard InChI is InChI=1S/C9H15NO4/c1-9(2,3)14-8(13)10-4-6(5-10)7(11)12/h6H,4-5H2,1-3H3,(H,11,12)/i6D. The van der Waals surface area contributed by atoms with Crippen LogP contribution >= 0.6 is 0 Å². The topological polar surface area (TPSA) is 66.8 Å². The van der Waals surface area contributed by atoms with Crippen molar-refractivity contribution in [3.63, 3.8) is 0 Å². The van der Waals surface area contributed by atoms with Crippen molar-refractivity contribution in [1.82, 2.24) is 4.90 Å². The van der Waals surface area contributed by atoms with Crippen molar-refractivity contribution >= 4 is 12.1 Å². The van der Waals surface area contributed by atoms with Crippen LogP contribution in [0.3, 0.4) is 0 Å². The van der Waals surface area contributed by atoms with Gasteiger partial charge in [0, 0.05) is 14.5 Å². The van der Waals surface area contributed by atoms with Gasteiger partial charge in [-0.1, -0.05) is 0 Å². The van der Waals surface area contributed by atoms with E-state index in [4.69, 9.17) is 11.2 Å². The summed E-state index contributed by atoms with van der Waals surface area (Å²) in [7, 11) is 0. The van der Waals surface area contributed by atoms with Gasteiger partial charge in [0.25, 0.3) is 0 Å². The van der Waals surface area contributed by atoms with Crippen molar-refractivity contribution in [2.24, 2.45) is 5.89 Å². The van der Waals surface area contributed by atoms with Gasteiger partial charge in [-0.15, -0.1) is 0 Å². The van der Waals surface area contributed by atoms with Crippen molar-refractivity contribution in [1.29, 1.82) is 0 Å². The molecule has 1 fully saturated rings. The summed E-state index contributed by atoms with van der Waals surface area (Å²) < 4.78 is 12.4. The molecule has 1 aliphatic rings. The molecule has 0 saturated carbocycles. The van der Waals surface area contributed by atoms with E-state index in [1.807, 2.05) is 0 Å². The zero-order chi connectivity index (χ0) is 11.9. The number of rotatable bonds is 1. The zero-order valence-corrected chi connectivity index (χ0v) is 8.53. The molecule has 1 N–H and O–H groups in total. The molecule has 1 amide bonds. The minimum Gasteiger partial charge on any atom is -0.481 e. The summed E-state index contributed by atoms with van der Waals surface area (Å²) in [5.74, 6) is -2.76.